The number of hydrogen-bond acceptors (Lipinski definition) is 7. The van der Waals surface area contributed by atoms with Gasteiger partial charge in [0.05, 0.1) is 0 Å². The number of pyridine rings is 1. The smallest absolute Gasteiger partial charge is 0.272 e. The van der Waals surface area contributed by atoms with Crippen LogP contribution in [-0.2, 0) is 13.0 Å². The van der Waals surface area contributed by atoms with E-state index in [0.29, 0.717) is 24.6 Å². The number of anilines is 1. The van der Waals surface area contributed by atoms with Crippen molar-refractivity contribution in [3.05, 3.63) is 71.9 Å². The Balaban J connectivity index is 1.35. The molecule has 0 aliphatic carbocycles. The van der Waals surface area contributed by atoms with Crippen LogP contribution in [0, 0.1) is 0 Å². The third kappa shape index (κ3) is 4.60. The molecule has 4 rings (SSSR count). The molecule has 1 aliphatic rings. The predicted molar refractivity (Wildman–Crippen MR) is 107 cm³/mol. The van der Waals surface area contributed by atoms with E-state index in [2.05, 4.69) is 20.3 Å². The molecule has 1 aliphatic heterocycles. The zero-order valence-electron chi connectivity index (χ0n) is 16.0. The van der Waals surface area contributed by atoms with Crippen molar-refractivity contribution < 1.29 is 14.3 Å². The Morgan fingerprint density at radius 2 is 1.90 bits per heavy atom. The molecule has 3 heterocycles. The third-order valence-corrected chi connectivity index (χ3v) is 4.63. The molecular weight excluding hydrogens is 370 g/mol. The minimum Gasteiger partial charge on any atom is -0.454 e. The zero-order chi connectivity index (χ0) is 20.1. The van der Waals surface area contributed by atoms with Gasteiger partial charge in [0, 0.05) is 38.6 Å². The number of carbonyl (C=O) groups excluding carboxylic acids is 1. The van der Waals surface area contributed by atoms with Crippen molar-refractivity contribution in [2.45, 2.75) is 13.0 Å². The van der Waals surface area contributed by atoms with Crippen LogP contribution in [0.2, 0.25) is 0 Å². The predicted octanol–water partition coefficient (Wildman–Crippen LogP) is 2.53. The van der Waals surface area contributed by atoms with Gasteiger partial charge < -0.3 is 19.7 Å². The fourth-order valence-electron chi connectivity index (χ4n) is 2.96. The molecule has 29 heavy (non-hydrogen) atoms. The van der Waals surface area contributed by atoms with Gasteiger partial charge in [-0.2, -0.15) is 0 Å². The fourth-order valence-corrected chi connectivity index (χ4v) is 2.96. The van der Waals surface area contributed by atoms with E-state index in [-0.39, 0.29) is 12.7 Å². The maximum Gasteiger partial charge on any atom is 0.272 e. The lowest BCUT2D eigenvalue weighted by molar-refractivity contribution is 0.0790. The van der Waals surface area contributed by atoms with Crippen LogP contribution in [0.1, 0.15) is 21.6 Å². The van der Waals surface area contributed by atoms with Crippen LogP contribution in [-0.4, -0.2) is 46.1 Å². The second-order valence-corrected chi connectivity index (χ2v) is 6.66. The molecule has 0 saturated carbocycles. The average Bonchev–Trinajstić information content (AvgIpc) is 3.24. The summed E-state index contributed by atoms with van der Waals surface area (Å²) >= 11 is 0. The molecule has 1 N–H and O–H groups in total. The summed E-state index contributed by atoms with van der Waals surface area (Å²) in [5.41, 5.74) is 2.51. The second-order valence-electron chi connectivity index (χ2n) is 6.66. The van der Waals surface area contributed by atoms with Crippen LogP contribution in [0.5, 0.6) is 11.5 Å². The average molecular weight is 391 g/mol. The summed E-state index contributed by atoms with van der Waals surface area (Å²) in [5.74, 6) is 1.92. The lowest BCUT2D eigenvalue weighted by Gasteiger charge is -2.17. The van der Waals surface area contributed by atoms with Crippen LogP contribution in [0.15, 0.2) is 55.1 Å². The first-order valence-corrected chi connectivity index (χ1v) is 9.28. The summed E-state index contributed by atoms with van der Waals surface area (Å²) in [7, 11) is 1.77. The van der Waals surface area contributed by atoms with E-state index in [9.17, 15) is 4.79 Å². The number of carbonyl (C=O) groups is 1. The molecule has 0 bridgehead atoms. The van der Waals surface area contributed by atoms with Crippen LogP contribution in [0.3, 0.4) is 0 Å². The first-order valence-electron chi connectivity index (χ1n) is 9.28. The second kappa shape index (κ2) is 8.55. The molecule has 0 radical (unpaired) electrons. The summed E-state index contributed by atoms with van der Waals surface area (Å²) in [6.45, 7) is 1.38. The number of rotatable bonds is 7. The van der Waals surface area contributed by atoms with Gasteiger partial charge in [-0.25, -0.2) is 9.97 Å². The maximum absolute atomic E-state index is 12.7. The number of hydrogen-bond donors (Lipinski definition) is 1. The lowest BCUT2D eigenvalue weighted by atomic mass is 10.2. The van der Waals surface area contributed by atoms with E-state index in [1.165, 1.54) is 6.33 Å². The monoisotopic (exact) mass is 391 g/mol. The molecule has 2 aromatic heterocycles. The highest BCUT2D eigenvalue weighted by Crippen LogP contribution is 2.32. The van der Waals surface area contributed by atoms with Crippen LogP contribution in [0.4, 0.5) is 5.82 Å². The van der Waals surface area contributed by atoms with Crippen LogP contribution >= 0.6 is 0 Å². The van der Waals surface area contributed by atoms with Gasteiger partial charge in [0.25, 0.3) is 5.91 Å². The normalized spacial score (nSPS) is 11.9. The standard InChI is InChI=1S/C21H21N5O3/c1-26(9-6-15-4-7-22-8-5-15)21(27)17-11-20(25-13-24-17)23-12-16-2-3-18-19(10-16)29-14-28-18/h2-5,7-8,10-11,13H,6,9,12,14H2,1H3,(H,23,24,25). The first-order chi connectivity index (χ1) is 14.2. The third-order valence-electron chi connectivity index (χ3n) is 4.63. The number of fused-ring (bicyclic) bond motifs is 1. The molecule has 1 aromatic carbocycles. The lowest BCUT2D eigenvalue weighted by Crippen LogP contribution is -2.29. The Kier molecular flexibility index (Phi) is 5.51. The van der Waals surface area contributed by atoms with Gasteiger partial charge >= 0.3 is 0 Å². The summed E-state index contributed by atoms with van der Waals surface area (Å²) in [4.78, 5) is 26.7. The summed E-state index contributed by atoms with van der Waals surface area (Å²) in [6, 6.07) is 11.3. The van der Waals surface area contributed by atoms with Gasteiger partial charge in [0.1, 0.15) is 17.8 Å². The number of likely N-dealkylation sites (N-methyl/N-ethyl adjacent to an activating group) is 1. The van der Waals surface area contributed by atoms with Crippen molar-refractivity contribution in [1.82, 2.24) is 19.9 Å². The highest BCUT2D eigenvalue weighted by Gasteiger charge is 2.15. The largest absolute Gasteiger partial charge is 0.454 e. The molecule has 0 saturated heterocycles. The molecule has 3 aromatic rings. The van der Waals surface area contributed by atoms with Gasteiger partial charge in [-0.3, -0.25) is 9.78 Å². The minimum atomic E-state index is -0.146. The van der Waals surface area contributed by atoms with E-state index < -0.39 is 0 Å². The van der Waals surface area contributed by atoms with E-state index in [0.717, 1.165) is 29.0 Å². The molecule has 8 nitrogen and oxygen atoms in total. The van der Waals surface area contributed by atoms with Gasteiger partial charge in [-0.1, -0.05) is 6.07 Å². The molecule has 1 amide bonds. The molecule has 148 valence electrons. The summed E-state index contributed by atoms with van der Waals surface area (Å²) < 4.78 is 10.7. The fraction of sp³-hybridized carbons (Fsp3) is 0.238. The number of nitrogens with one attached hydrogen (secondary N) is 1. The molecule has 8 heteroatoms. The SMILES string of the molecule is CN(CCc1ccncc1)C(=O)c1cc(NCc2ccc3c(c2)OCO3)ncn1. The Bertz CT molecular complexity index is 997. The van der Waals surface area contributed by atoms with Crippen molar-refractivity contribution in [3.8, 4) is 11.5 Å². The van der Waals surface area contributed by atoms with E-state index in [1.54, 1.807) is 30.4 Å². The molecule has 0 spiro atoms. The van der Waals surface area contributed by atoms with Gasteiger partial charge in [0.2, 0.25) is 6.79 Å². The summed E-state index contributed by atoms with van der Waals surface area (Å²) in [5, 5.41) is 3.22. The molecule has 0 fully saturated rings. The Morgan fingerprint density at radius 1 is 1.07 bits per heavy atom. The quantitative estimate of drug-likeness (QED) is 0.662. The van der Waals surface area contributed by atoms with Crippen LogP contribution in [0.25, 0.3) is 0 Å². The highest BCUT2D eigenvalue weighted by atomic mass is 16.7. The molecule has 0 unspecified atom stereocenters. The van der Waals surface area contributed by atoms with Crippen molar-refractivity contribution in [1.29, 1.82) is 0 Å². The van der Waals surface area contributed by atoms with Crippen molar-refractivity contribution in [3.63, 3.8) is 0 Å². The van der Waals surface area contributed by atoms with E-state index in [4.69, 9.17) is 9.47 Å². The van der Waals surface area contributed by atoms with Crippen molar-refractivity contribution >= 4 is 11.7 Å². The highest BCUT2D eigenvalue weighted by molar-refractivity contribution is 5.92. The van der Waals surface area contributed by atoms with Crippen molar-refractivity contribution in [2.24, 2.45) is 0 Å². The Labute approximate surface area is 168 Å². The van der Waals surface area contributed by atoms with E-state index in [1.807, 2.05) is 30.3 Å². The number of ether oxygens (including phenoxy) is 2. The topological polar surface area (TPSA) is 89.5 Å². The number of amides is 1. The maximum atomic E-state index is 12.7. The first kappa shape index (κ1) is 18.7. The van der Waals surface area contributed by atoms with Crippen LogP contribution < -0.4 is 14.8 Å². The Morgan fingerprint density at radius 3 is 2.76 bits per heavy atom. The van der Waals surface area contributed by atoms with Crippen molar-refractivity contribution in [2.75, 3.05) is 25.7 Å². The zero-order valence-corrected chi connectivity index (χ0v) is 16.0. The number of benzene rings is 1. The number of aromatic nitrogens is 3. The number of nitrogens with zero attached hydrogens (tertiary/aromatic N) is 4. The van der Waals surface area contributed by atoms with Gasteiger partial charge in [0.15, 0.2) is 11.5 Å². The van der Waals surface area contributed by atoms with Gasteiger partial charge in [-0.15, -0.1) is 0 Å². The Hall–Kier alpha value is -3.68. The molecule has 0 atom stereocenters. The minimum absolute atomic E-state index is 0.146. The molecular formula is C21H21N5O3. The summed E-state index contributed by atoms with van der Waals surface area (Å²) in [6.07, 6.45) is 5.65. The van der Waals surface area contributed by atoms with E-state index >= 15 is 0 Å². The van der Waals surface area contributed by atoms with Gasteiger partial charge in [-0.05, 0) is 41.8 Å².